The maximum absolute atomic E-state index is 12.7. The normalized spacial score (nSPS) is 13.5. The van der Waals surface area contributed by atoms with Gasteiger partial charge in [-0.1, -0.05) is 29.8 Å². The summed E-state index contributed by atoms with van der Waals surface area (Å²) < 4.78 is 0. The van der Waals surface area contributed by atoms with Crippen LogP contribution in [0.2, 0.25) is 5.02 Å². The van der Waals surface area contributed by atoms with Gasteiger partial charge in [0.15, 0.2) is 0 Å². The minimum Gasteiger partial charge on any atom is -0.303 e. The Morgan fingerprint density at radius 3 is 2.73 bits per heavy atom. The van der Waals surface area contributed by atoms with Crippen LogP contribution in [0, 0.1) is 0 Å². The van der Waals surface area contributed by atoms with Gasteiger partial charge in [-0.25, -0.2) is 0 Å². The molecule has 5 heteroatoms. The van der Waals surface area contributed by atoms with Gasteiger partial charge in [0.1, 0.15) is 0 Å². The average Bonchev–Trinajstić information content (AvgIpc) is 3.16. The Labute approximate surface area is 132 Å². The van der Waals surface area contributed by atoms with E-state index in [4.69, 9.17) is 11.6 Å². The van der Waals surface area contributed by atoms with Gasteiger partial charge in [0.05, 0.1) is 17.9 Å². The van der Waals surface area contributed by atoms with Crippen LogP contribution in [0.15, 0.2) is 54.7 Å². The van der Waals surface area contributed by atoms with Crippen molar-refractivity contribution < 1.29 is 4.79 Å². The van der Waals surface area contributed by atoms with Gasteiger partial charge in [0.2, 0.25) is 0 Å². The Hall–Kier alpha value is -2.59. The number of nitrogens with one attached hydrogen (secondary N) is 1. The molecule has 0 atom stereocenters. The lowest BCUT2D eigenvalue weighted by molar-refractivity contribution is 0.0996. The average molecular weight is 310 g/mol. The van der Waals surface area contributed by atoms with Crippen molar-refractivity contribution in [3.8, 4) is 11.3 Å². The molecule has 1 aliphatic rings. The van der Waals surface area contributed by atoms with E-state index < -0.39 is 0 Å². The first-order chi connectivity index (χ1) is 10.7. The zero-order valence-corrected chi connectivity index (χ0v) is 12.3. The fraction of sp³-hybridized carbons (Fsp3) is 0.0588. The van der Waals surface area contributed by atoms with Gasteiger partial charge in [-0.2, -0.15) is 5.10 Å². The number of anilines is 1. The topological polar surface area (TPSA) is 49.0 Å². The zero-order valence-electron chi connectivity index (χ0n) is 11.6. The zero-order chi connectivity index (χ0) is 15.1. The van der Waals surface area contributed by atoms with Gasteiger partial charge in [0, 0.05) is 22.3 Å². The number of halogens is 1. The second kappa shape index (κ2) is 5.00. The van der Waals surface area contributed by atoms with Gasteiger partial charge in [-0.3, -0.25) is 9.89 Å². The molecule has 2 aromatic carbocycles. The molecule has 0 bridgehead atoms. The molecular weight excluding hydrogens is 298 g/mol. The molecule has 3 aromatic rings. The number of aromatic nitrogens is 2. The van der Waals surface area contributed by atoms with Crippen LogP contribution < -0.4 is 4.90 Å². The van der Waals surface area contributed by atoms with Gasteiger partial charge < -0.3 is 4.90 Å². The predicted molar refractivity (Wildman–Crippen MR) is 86.0 cm³/mol. The van der Waals surface area contributed by atoms with E-state index in [1.165, 1.54) is 0 Å². The summed E-state index contributed by atoms with van der Waals surface area (Å²) >= 11 is 6.13. The molecule has 0 saturated heterocycles. The summed E-state index contributed by atoms with van der Waals surface area (Å²) in [5, 5.41) is 7.54. The summed E-state index contributed by atoms with van der Waals surface area (Å²) in [6.07, 6.45) is 1.68. The van der Waals surface area contributed by atoms with Gasteiger partial charge >= 0.3 is 0 Å². The minimum atomic E-state index is 0.0127. The fourth-order valence-corrected chi connectivity index (χ4v) is 2.99. The van der Waals surface area contributed by atoms with E-state index in [1.54, 1.807) is 17.2 Å². The highest BCUT2D eigenvalue weighted by atomic mass is 35.5. The van der Waals surface area contributed by atoms with Gasteiger partial charge in [-0.05, 0) is 35.9 Å². The summed E-state index contributed by atoms with van der Waals surface area (Å²) in [7, 11) is 0. The smallest absolute Gasteiger partial charge is 0.258 e. The number of aromatic amines is 1. The van der Waals surface area contributed by atoms with Gasteiger partial charge in [-0.15, -0.1) is 0 Å². The second-order valence-electron chi connectivity index (χ2n) is 5.18. The van der Waals surface area contributed by atoms with Crippen LogP contribution in [0.3, 0.4) is 0 Å². The molecule has 2 heterocycles. The number of H-pyrrole nitrogens is 1. The first-order valence-electron chi connectivity index (χ1n) is 6.93. The molecule has 0 radical (unpaired) electrons. The van der Waals surface area contributed by atoms with E-state index in [1.807, 2.05) is 42.5 Å². The highest BCUT2D eigenvalue weighted by Crippen LogP contribution is 2.36. The quantitative estimate of drug-likeness (QED) is 0.780. The molecule has 22 heavy (non-hydrogen) atoms. The van der Waals surface area contributed by atoms with Crippen molar-refractivity contribution in [1.82, 2.24) is 10.2 Å². The minimum absolute atomic E-state index is 0.0127. The van der Waals surface area contributed by atoms with E-state index in [2.05, 4.69) is 10.2 Å². The maximum atomic E-state index is 12.7. The number of hydrogen-bond acceptors (Lipinski definition) is 2. The van der Waals surface area contributed by atoms with Crippen molar-refractivity contribution in [2.45, 2.75) is 6.54 Å². The van der Waals surface area contributed by atoms with E-state index in [0.717, 1.165) is 28.1 Å². The van der Waals surface area contributed by atoms with Crippen LogP contribution in [0.1, 0.15) is 15.9 Å². The highest BCUT2D eigenvalue weighted by molar-refractivity contribution is 6.31. The van der Waals surface area contributed by atoms with Crippen LogP contribution >= 0.6 is 11.6 Å². The molecule has 0 spiro atoms. The summed E-state index contributed by atoms with van der Waals surface area (Å²) in [6.45, 7) is 0.567. The largest absolute Gasteiger partial charge is 0.303 e. The fourth-order valence-electron chi connectivity index (χ4n) is 2.81. The number of nitrogens with zero attached hydrogens (tertiary/aromatic N) is 2. The number of fused-ring (bicyclic) bond motifs is 1. The molecule has 0 unspecified atom stereocenters. The SMILES string of the molecule is O=C1c2ccccc2CN1c1ccc(Cl)cc1-c1ccn[nH]1. The van der Waals surface area contributed by atoms with Crippen LogP contribution in [-0.2, 0) is 6.54 Å². The third-order valence-electron chi connectivity index (χ3n) is 3.86. The molecular formula is C17H12ClN3O. The number of carbonyl (C=O) groups excluding carboxylic acids is 1. The number of hydrogen-bond donors (Lipinski definition) is 1. The van der Waals surface area contributed by atoms with Crippen molar-refractivity contribution in [3.63, 3.8) is 0 Å². The number of rotatable bonds is 2. The third-order valence-corrected chi connectivity index (χ3v) is 4.10. The molecule has 1 N–H and O–H groups in total. The van der Waals surface area contributed by atoms with Crippen LogP contribution in [-0.4, -0.2) is 16.1 Å². The van der Waals surface area contributed by atoms with E-state index in [9.17, 15) is 4.79 Å². The molecule has 1 aromatic heterocycles. The Kier molecular flexibility index (Phi) is 2.98. The molecule has 108 valence electrons. The number of carbonyl (C=O) groups is 1. The van der Waals surface area contributed by atoms with E-state index >= 15 is 0 Å². The highest BCUT2D eigenvalue weighted by Gasteiger charge is 2.29. The summed E-state index contributed by atoms with van der Waals surface area (Å²) in [6, 6.07) is 15.1. The van der Waals surface area contributed by atoms with Crippen LogP contribution in [0.5, 0.6) is 0 Å². The van der Waals surface area contributed by atoms with Gasteiger partial charge in [0.25, 0.3) is 5.91 Å². The number of amides is 1. The van der Waals surface area contributed by atoms with Crippen molar-refractivity contribution >= 4 is 23.2 Å². The van der Waals surface area contributed by atoms with Crippen molar-refractivity contribution in [2.75, 3.05) is 4.90 Å². The van der Waals surface area contributed by atoms with Crippen molar-refractivity contribution in [3.05, 3.63) is 70.9 Å². The summed E-state index contributed by atoms with van der Waals surface area (Å²) in [4.78, 5) is 14.4. The summed E-state index contributed by atoms with van der Waals surface area (Å²) in [5.41, 5.74) is 4.33. The first kappa shape index (κ1) is 13.1. The molecule has 1 amide bonds. The Morgan fingerprint density at radius 2 is 1.95 bits per heavy atom. The molecule has 0 saturated carbocycles. The lowest BCUT2D eigenvalue weighted by atomic mass is 10.1. The van der Waals surface area contributed by atoms with E-state index in [0.29, 0.717) is 11.6 Å². The van der Waals surface area contributed by atoms with Crippen molar-refractivity contribution in [2.24, 2.45) is 0 Å². The monoisotopic (exact) mass is 309 g/mol. The Morgan fingerprint density at radius 1 is 1.09 bits per heavy atom. The molecule has 4 rings (SSSR count). The molecule has 0 fully saturated rings. The maximum Gasteiger partial charge on any atom is 0.258 e. The van der Waals surface area contributed by atoms with Crippen LogP contribution in [0.25, 0.3) is 11.3 Å². The third kappa shape index (κ3) is 2.00. The molecule has 1 aliphatic heterocycles. The first-order valence-corrected chi connectivity index (χ1v) is 7.31. The molecule has 0 aliphatic carbocycles. The Bertz CT molecular complexity index is 858. The second-order valence-corrected chi connectivity index (χ2v) is 5.62. The van der Waals surface area contributed by atoms with E-state index in [-0.39, 0.29) is 5.91 Å². The lowest BCUT2D eigenvalue weighted by Crippen LogP contribution is -2.23. The standard InChI is InChI=1S/C17H12ClN3O/c18-12-5-6-16(14(9-12)15-7-8-19-20-15)21-10-11-3-1-2-4-13(11)17(21)22/h1-9H,10H2,(H,19,20). The lowest BCUT2D eigenvalue weighted by Gasteiger charge is -2.19. The van der Waals surface area contributed by atoms with Crippen LogP contribution in [0.4, 0.5) is 5.69 Å². The predicted octanol–water partition coefficient (Wildman–Crippen LogP) is 3.89. The molecule has 4 nitrogen and oxygen atoms in total. The summed E-state index contributed by atoms with van der Waals surface area (Å²) in [5.74, 6) is 0.0127. The van der Waals surface area contributed by atoms with Crippen molar-refractivity contribution in [1.29, 1.82) is 0 Å². The Balaban J connectivity index is 1.84. The number of benzene rings is 2.